The van der Waals surface area contributed by atoms with Crippen LogP contribution in [-0.4, -0.2) is 41.9 Å². The molecule has 2 aromatic carbocycles. The zero-order valence-corrected chi connectivity index (χ0v) is 15.4. The van der Waals surface area contributed by atoms with Gasteiger partial charge >= 0.3 is 0 Å². The van der Waals surface area contributed by atoms with Crippen molar-refractivity contribution < 1.29 is 4.79 Å². The molecule has 1 heterocycles. The zero-order chi connectivity index (χ0) is 16.9. The van der Waals surface area contributed by atoms with Crippen LogP contribution in [0.15, 0.2) is 54.6 Å². The number of rotatable bonds is 4. The molecule has 1 fully saturated rings. The Morgan fingerprint density at radius 2 is 1.80 bits per heavy atom. The van der Waals surface area contributed by atoms with E-state index in [1.54, 1.807) is 0 Å². The topological polar surface area (TPSA) is 49.6 Å². The highest BCUT2D eigenvalue weighted by Crippen LogP contribution is 2.20. The average molecular weight is 360 g/mol. The van der Waals surface area contributed by atoms with Crippen LogP contribution in [0.4, 0.5) is 5.69 Å². The van der Waals surface area contributed by atoms with Crippen LogP contribution in [-0.2, 0) is 6.54 Å². The van der Waals surface area contributed by atoms with E-state index in [4.69, 9.17) is 5.73 Å². The zero-order valence-electron chi connectivity index (χ0n) is 14.6. The first kappa shape index (κ1) is 19.3. The summed E-state index contributed by atoms with van der Waals surface area (Å²) in [5, 5.41) is 0. The first-order valence-electron chi connectivity index (χ1n) is 8.52. The van der Waals surface area contributed by atoms with Gasteiger partial charge in [0.05, 0.1) is 0 Å². The summed E-state index contributed by atoms with van der Waals surface area (Å²) in [6.45, 7) is 2.53. The van der Waals surface area contributed by atoms with E-state index < -0.39 is 0 Å². The molecule has 0 atom stereocenters. The van der Waals surface area contributed by atoms with E-state index in [0.717, 1.165) is 43.7 Å². The molecule has 0 spiro atoms. The third kappa shape index (κ3) is 4.97. The minimum Gasteiger partial charge on any atom is -0.399 e. The molecule has 4 nitrogen and oxygen atoms in total. The molecule has 0 aromatic heterocycles. The first-order chi connectivity index (χ1) is 11.6. The predicted octanol–water partition coefficient (Wildman–Crippen LogP) is 3.43. The van der Waals surface area contributed by atoms with Crippen LogP contribution < -0.4 is 5.73 Å². The van der Waals surface area contributed by atoms with Crippen molar-refractivity contribution in [1.82, 2.24) is 9.80 Å². The Labute approximate surface area is 156 Å². The SMILES string of the molecule is CN(Cc1cccc(N)c1)C1CCN(C(=O)c2ccccc2)CC1.Cl. The van der Waals surface area contributed by atoms with Crippen LogP contribution in [0.3, 0.4) is 0 Å². The molecule has 2 N–H and O–H groups in total. The van der Waals surface area contributed by atoms with E-state index in [1.807, 2.05) is 53.4 Å². The number of hydrogen-bond donors (Lipinski definition) is 1. The molecule has 3 rings (SSSR count). The van der Waals surface area contributed by atoms with Crippen LogP contribution >= 0.6 is 12.4 Å². The summed E-state index contributed by atoms with van der Waals surface area (Å²) in [6, 6.07) is 18.1. The molecular weight excluding hydrogens is 334 g/mol. The van der Waals surface area contributed by atoms with Gasteiger partial charge in [-0.3, -0.25) is 9.69 Å². The summed E-state index contributed by atoms with van der Waals surface area (Å²) in [4.78, 5) is 16.8. The van der Waals surface area contributed by atoms with Crippen molar-refractivity contribution in [3.05, 3.63) is 65.7 Å². The minimum atomic E-state index is 0. The fourth-order valence-electron chi connectivity index (χ4n) is 3.38. The van der Waals surface area contributed by atoms with Gasteiger partial charge in [0.1, 0.15) is 0 Å². The second-order valence-electron chi connectivity index (χ2n) is 6.55. The van der Waals surface area contributed by atoms with E-state index in [-0.39, 0.29) is 18.3 Å². The summed E-state index contributed by atoms with van der Waals surface area (Å²) in [6.07, 6.45) is 2.02. The van der Waals surface area contributed by atoms with Crippen molar-refractivity contribution >= 4 is 24.0 Å². The second kappa shape index (κ2) is 8.88. The highest BCUT2D eigenvalue weighted by molar-refractivity contribution is 5.94. The Kier molecular flexibility index (Phi) is 6.85. The average Bonchev–Trinajstić information content (AvgIpc) is 2.62. The highest BCUT2D eigenvalue weighted by atomic mass is 35.5. The molecular formula is C20H26ClN3O. The number of carbonyl (C=O) groups is 1. The Morgan fingerprint density at radius 3 is 2.44 bits per heavy atom. The third-order valence-electron chi connectivity index (χ3n) is 4.78. The van der Waals surface area contributed by atoms with E-state index in [1.165, 1.54) is 5.56 Å². The number of likely N-dealkylation sites (tertiary alicyclic amines) is 1. The second-order valence-corrected chi connectivity index (χ2v) is 6.55. The molecule has 1 aliphatic rings. The molecule has 1 amide bonds. The molecule has 0 unspecified atom stereocenters. The lowest BCUT2D eigenvalue weighted by molar-refractivity contribution is 0.0639. The maximum atomic E-state index is 12.5. The molecule has 2 aromatic rings. The molecule has 134 valence electrons. The number of carbonyl (C=O) groups excluding carboxylic acids is 1. The lowest BCUT2D eigenvalue weighted by Gasteiger charge is -2.37. The van der Waals surface area contributed by atoms with Gasteiger partial charge in [0.2, 0.25) is 0 Å². The standard InChI is InChI=1S/C20H25N3O.ClH/c1-22(15-16-6-5-9-18(21)14-16)19-10-12-23(13-11-19)20(24)17-7-3-2-4-8-17;/h2-9,14,19H,10-13,15,21H2,1H3;1H. The van der Waals surface area contributed by atoms with Crippen molar-refractivity contribution in [2.24, 2.45) is 0 Å². The number of hydrogen-bond acceptors (Lipinski definition) is 3. The van der Waals surface area contributed by atoms with Gasteiger partial charge in [-0.15, -0.1) is 12.4 Å². The number of nitrogens with two attached hydrogens (primary N) is 1. The number of anilines is 1. The van der Waals surface area contributed by atoms with Crippen LogP contribution in [0.1, 0.15) is 28.8 Å². The van der Waals surface area contributed by atoms with E-state index in [0.29, 0.717) is 6.04 Å². The van der Waals surface area contributed by atoms with Gasteiger partial charge in [-0.1, -0.05) is 30.3 Å². The Morgan fingerprint density at radius 1 is 1.12 bits per heavy atom. The van der Waals surface area contributed by atoms with E-state index in [2.05, 4.69) is 18.0 Å². The molecule has 0 bridgehead atoms. The van der Waals surface area contributed by atoms with Crippen LogP contribution in [0.2, 0.25) is 0 Å². The third-order valence-corrected chi connectivity index (χ3v) is 4.78. The monoisotopic (exact) mass is 359 g/mol. The van der Waals surface area contributed by atoms with Gasteiger partial charge in [-0.25, -0.2) is 0 Å². The Bertz CT molecular complexity index is 684. The largest absolute Gasteiger partial charge is 0.399 e. The number of nitrogens with zero attached hydrogens (tertiary/aromatic N) is 2. The molecule has 0 saturated carbocycles. The van der Waals surface area contributed by atoms with Crippen molar-refractivity contribution in [1.29, 1.82) is 0 Å². The van der Waals surface area contributed by atoms with Crippen LogP contribution in [0.5, 0.6) is 0 Å². The summed E-state index contributed by atoms with van der Waals surface area (Å²) in [7, 11) is 2.16. The van der Waals surface area contributed by atoms with Gasteiger partial charge in [-0.2, -0.15) is 0 Å². The normalized spacial score (nSPS) is 15.0. The summed E-state index contributed by atoms with van der Waals surface area (Å²) in [5.41, 5.74) is 8.68. The van der Waals surface area contributed by atoms with Crippen molar-refractivity contribution in [2.75, 3.05) is 25.9 Å². The number of piperidine rings is 1. The first-order valence-corrected chi connectivity index (χ1v) is 8.52. The maximum Gasteiger partial charge on any atom is 0.253 e. The Hall–Kier alpha value is -2.04. The molecule has 25 heavy (non-hydrogen) atoms. The molecule has 1 saturated heterocycles. The van der Waals surface area contributed by atoms with Crippen molar-refractivity contribution in [3.63, 3.8) is 0 Å². The molecule has 0 aliphatic carbocycles. The quantitative estimate of drug-likeness (QED) is 0.851. The lowest BCUT2D eigenvalue weighted by atomic mass is 10.0. The fraction of sp³-hybridized carbons (Fsp3) is 0.350. The van der Waals surface area contributed by atoms with Gasteiger partial charge in [0, 0.05) is 36.9 Å². The van der Waals surface area contributed by atoms with Gasteiger partial charge in [0.15, 0.2) is 0 Å². The van der Waals surface area contributed by atoms with Crippen molar-refractivity contribution in [3.8, 4) is 0 Å². The predicted molar refractivity (Wildman–Crippen MR) is 105 cm³/mol. The maximum absolute atomic E-state index is 12.5. The molecule has 0 radical (unpaired) electrons. The van der Waals surface area contributed by atoms with Crippen LogP contribution in [0.25, 0.3) is 0 Å². The molecule has 5 heteroatoms. The van der Waals surface area contributed by atoms with Gasteiger partial charge in [-0.05, 0) is 49.7 Å². The summed E-state index contributed by atoms with van der Waals surface area (Å²) in [5.74, 6) is 0.146. The van der Waals surface area contributed by atoms with Crippen molar-refractivity contribution in [2.45, 2.75) is 25.4 Å². The van der Waals surface area contributed by atoms with E-state index >= 15 is 0 Å². The van der Waals surface area contributed by atoms with Gasteiger partial charge < -0.3 is 10.6 Å². The Balaban J connectivity index is 0.00000225. The fourth-order valence-corrected chi connectivity index (χ4v) is 3.38. The number of amides is 1. The number of halogens is 1. The number of benzene rings is 2. The minimum absolute atomic E-state index is 0. The molecule has 1 aliphatic heterocycles. The van der Waals surface area contributed by atoms with Crippen LogP contribution in [0, 0.1) is 0 Å². The summed E-state index contributed by atoms with van der Waals surface area (Å²) < 4.78 is 0. The van der Waals surface area contributed by atoms with Gasteiger partial charge in [0.25, 0.3) is 5.91 Å². The smallest absolute Gasteiger partial charge is 0.253 e. The number of nitrogen functional groups attached to an aromatic ring is 1. The lowest BCUT2D eigenvalue weighted by Crippen LogP contribution is -2.45. The summed E-state index contributed by atoms with van der Waals surface area (Å²) >= 11 is 0. The van der Waals surface area contributed by atoms with E-state index in [9.17, 15) is 4.79 Å². The highest BCUT2D eigenvalue weighted by Gasteiger charge is 2.25.